The van der Waals surface area contributed by atoms with Gasteiger partial charge in [0.2, 0.25) is 0 Å². The van der Waals surface area contributed by atoms with Crippen LogP contribution in [0.3, 0.4) is 0 Å². The van der Waals surface area contributed by atoms with Crippen LogP contribution >= 0.6 is 0 Å². The van der Waals surface area contributed by atoms with Crippen LogP contribution in [0.25, 0.3) is 5.57 Å². The SMILES string of the molecule is C/C=C(/B(O)O)C(=C=CCCC)c1ccc(C#N)cc1. The van der Waals surface area contributed by atoms with Crippen molar-refractivity contribution in [1.82, 2.24) is 0 Å². The van der Waals surface area contributed by atoms with E-state index in [2.05, 4.69) is 18.7 Å². The van der Waals surface area contributed by atoms with E-state index in [4.69, 9.17) is 5.26 Å². The van der Waals surface area contributed by atoms with Gasteiger partial charge in [0, 0.05) is 5.57 Å². The average molecular weight is 267 g/mol. The van der Waals surface area contributed by atoms with Crippen molar-refractivity contribution in [2.45, 2.75) is 26.7 Å². The van der Waals surface area contributed by atoms with E-state index in [0.717, 1.165) is 18.4 Å². The molecule has 0 aliphatic heterocycles. The van der Waals surface area contributed by atoms with Gasteiger partial charge in [-0.05, 0) is 42.6 Å². The van der Waals surface area contributed by atoms with Gasteiger partial charge >= 0.3 is 7.12 Å². The molecule has 1 aromatic carbocycles. The molecular weight excluding hydrogens is 249 g/mol. The summed E-state index contributed by atoms with van der Waals surface area (Å²) < 4.78 is 0. The van der Waals surface area contributed by atoms with E-state index < -0.39 is 7.12 Å². The summed E-state index contributed by atoms with van der Waals surface area (Å²) in [4.78, 5) is 0. The zero-order valence-corrected chi connectivity index (χ0v) is 11.8. The molecule has 1 rings (SSSR count). The molecule has 0 heterocycles. The largest absolute Gasteiger partial charge is 0.489 e. The van der Waals surface area contributed by atoms with Crippen LogP contribution in [0.4, 0.5) is 0 Å². The van der Waals surface area contributed by atoms with Gasteiger partial charge in [-0.25, -0.2) is 0 Å². The molecule has 4 heteroatoms. The monoisotopic (exact) mass is 267 g/mol. The second-order valence-electron chi connectivity index (χ2n) is 4.32. The van der Waals surface area contributed by atoms with E-state index in [1.165, 1.54) is 0 Å². The van der Waals surface area contributed by atoms with Gasteiger partial charge in [0.1, 0.15) is 0 Å². The first-order valence-corrected chi connectivity index (χ1v) is 6.62. The van der Waals surface area contributed by atoms with Gasteiger partial charge < -0.3 is 10.0 Å². The molecule has 1 aromatic rings. The van der Waals surface area contributed by atoms with Crippen molar-refractivity contribution in [3.8, 4) is 6.07 Å². The summed E-state index contributed by atoms with van der Waals surface area (Å²) in [5, 5.41) is 27.7. The van der Waals surface area contributed by atoms with Crippen molar-refractivity contribution in [2.75, 3.05) is 0 Å². The minimum Gasteiger partial charge on any atom is -0.423 e. The molecule has 0 spiro atoms. The highest BCUT2D eigenvalue weighted by Crippen LogP contribution is 2.23. The van der Waals surface area contributed by atoms with Crippen molar-refractivity contribution in [2.24, 2.45) is 0 Å². The Morgan fingerprint density at radius 1 is 1.30 bits per heavy atom. The van der Waals surface area contributed by atoms with Gasteiger partial charge in [-0.3, -0.25) is 0 Å². The first-order chi connectivity index (χ1) is 9.63. The summed E-state index contributed by atoms with van der Waals surface area (Å²) in [5.74, 6) is 0. The first kappa shape index (κ1) is 16.0. The van der Waals surface area contributed by atoms with Crippen LogP contribution in [0.1, 0.15) is 37.8 Å². The zero-order valence-electron chi connectivity index (χ0n) is 11.8. The van der Waals surface area contributed by atoms with E-state index in [1.54, 1.807) is 37.3 Å². The van der Waals surface area contributed by atoms with Crippen LogP contribution in [0.15, 0.2) is 47.6 Å². The summed E-state index contributed by atoms with van der Waals surface area (Å²) in [7, 11) is -1.55. The van der Waals surface area contributed by atoms with E-state index in [9.17, 15) is 10.0 Å². The van der Waals surface area contributed by atoms with E-state index in [1.807, 2.05) is 6.08 Å². The summed E-state index contributed by atoms with van der Waals surface area (Å²) >= 11 is 0. The lowest BCUT2D eigenvalue weighted by Gasteiger charge is -2.09. The Kier molecular flexibility index (Phi) is 6.56. The van der Waals surface area contributed by atoms with Crippen LogP contribution in [0.2, 0.25) is 0 Å². The molecule has 20 heavy (non-hydrogen) atoms. The van der Waals surface area contributed by atoms with E-state index in [0.29, 0.717) is 16.6 Å². The summed E-state index contributed by atoms with van der Waals surface area (Å²) in [6, 6.07) is 9.03. The third-order valence-corrected chi connectivity index (χ3v) is 2.86. The van der Waals surface area contributed by atoms with Crippen molar-refractivity contribution in [3.63, 3.8) is 0 Å². The van der Waals surface area contributed by atoms with Gasteiger partial charge in [0.25, 0.3) is 0 Å². The Morgan fingerprint density at radius 2 is 1.95 bits per heavy atom. The molecule has 0 unspecified atom stereocenters. The maximum atomic E-state index is 9.46. The lowest BCUT2D eigenvalue weighted by Crippen LogP contribution is -2.16. The molecule has 0 aliphatic rings. The Morgan fingerprint density at radius 3 is 2.40 bits per heavy atom. The minimum atomic E-state index is -1.55. The number of nitriles is 1. The molecule has 0 aliphatic carbocycles. The number of rotatable bonds is 5. The maximum Gasteiger partial charge on any atom is 0.489 e. The second kappa shape index (κ2) is 8.19. The van der Waals surface area contributed by atoms with Gasteiger partial charge in [-0.2, -0.15) is 5.26 Å². The van der Waals surface area contributed by atoms with Crippen LogP contribution in [-0.4, -0.2) is 17.2 Å². The molecule has 0 fully saturated rings. The number of hydrogen-bond acceptors (Lipinski definition) is 3. The molecule has 102 valence electrons. The van der Waals surface area contributed by atoms with Gasteiger partial charge in [-0.1, -0.05) is 31.6 Å². The van der Waals surface area contributed by atoms with Gasteiger partial charge in [0.05, 0.1) is 11.6 Å². The quantitative estimate of drug-likeness (QED) is 0.489. The number of allylic oxidation sites excluding steroid dienone is 3. The molecular formula is C16H18BNO2. The molecule has 0 saturated heterocycles. The fourth-order valence-electron chi connectivity index (χ4n) is 1.79. The summed E-state index contributed by atoms with van der Waals surface area (Å²) in [6.45, 7) is 3.82. The average Bonchev–Trinajstić information content (AvgIpc) is 2.46. The Bertz CT molecular complexity index is 573. The molecule has 0 aromatic heterocycles. The normalized spacial score (nSPS) is 10.4. The first-order valence-electron chi connectivity index (χ1n) is 6.62. The zero-order chi connectivity index (χ0) is 15.0. The summed E-state index contributed by atoms with van der Waals surface area (Å²) in [5.41, 5.74) is 5.54. The minimum absolute atomic E-state index is 0.405. The van der Waals surface area contributed by atoms with Crippen molar-refractivity contribution in [1.29, 1.82) is 5.26 Å². The lowest BCUT2D eigenvalue weighted by molar-refractivity contribution is 0.421. The Hall–Kier alpha value is -2.05. The Balaban J connectivity index is 3.30. The van der Waals surface area contributed by atoms with E-state index >= 15 is 0 Å². The van der Waals surface area contributed by atoms with Crippen molar-refractivity contribution < 1.29 is 10.0 Å². The standard InChI is InChI=1S/C16H18BNO2/c1-3-5-6-7-15(16(4-2)17(19)20)14-10-8-13(12-18)9-11-14/h4,6,8-11,19-20H,3,5H2,1-2H3/b16-4+. The van der Waals surface area contributed by atoms with Gasteiger partial charge in [0.15, 0.2) is 0 Å². The van der Waals surface area contributed by atoms with E-state index in [-0.39, 0.29) is 0 Å². The molecule has 0 amide bonds. The molecule has 0 bridgehead atoms. The highest BCUT2D eigenvalue weighted by molar-refractivity contribution is 6.55. The fraction of sp³-hybridized carbons (Fsp3) is 0.250. The maximum absolute atomic E-state index is 9.46. The molecule has 0 radical (unpaired) electrons. The number of nitrogens with zero attached hydrogens (tertiary/aromatic N) is 1. The predicted octanol–water partition coefficient (Wildman–Crippen LogP) is 2.86. The van der Waals surface area contributed by atoms with Crippen molar-refractivity contribution >= 4 is 12.7 Å². The van der Waals surface area contributed by atoms with Crippen LogP contribution in [0.5, 0.6) is 0 Å². The fourth-order valence-corrected chi connectivity index (χ4v) is 1.79. The van der Waals surface area contributed by atoms with Crippen LogP contribution < -0.4 is 0 Å². The highest BCUT2D eigenvalue weighted by Gasteiger charge is 2.19. The highest BCUT2D eigenvalue weighted by atomic mass is 16.4. The smallest absolute Gasteiger partial charge is 0.423 e. The third kappa shape index (κ3) is 4.26. The summed E-state index contributed by atoms with van der Waals surface area (Å²) in [6.07, 6.45) is 5.42. The second-order valence-corrected chi connectivity index (χ2v) is 4.32. The molecule has 0 atom stereocenters. The molecule has 3 nitrogen and oxygen atoms in total. The molecule has 0 saturated carbocycles. The molecule has 2 N–H and O–H groups in total. The van der Waals surface area contributed by atoms with Gasteiger partial charge in [-0.15, -0.1) is 5.73 Å². The van der Waals surface area contributed by atoms with Crippen LogP contribution in [-0.2, 0) is 0 Å². The van der Waals surface area contributed by atoms with Crippen LogP contribution in [0, 0.1) is 11.3 Å². The van der Waals surface area contributed by atoms with Crippen molar-refractivity contribution in [3.05, 3.63) is 58.7 Å². The predicted molar refractivity (Wildman–Crippen MR) is 81.5 cm³/mol. The topological polar surface area (TPSA) is 64.2 Å². The number of unbranched alkanes of at least 4 members (excludes halogenated alkanes) is 1. The Labute approximate surface area is 120 Å². The number of benzene rings is 1. The number of hydrogen-bond donors (Lipinski definition) is 2. The third-order valence-electron chi connectivity index (χ3n) is 2.86. The lowest BCUT2D eigenvalue weighted by atomic mass is 9.73.